The number of unbranched alkanes of at least 4 members (excludes halogenated alkanes) is 1. The Labute approximate surface area is 117 Å². The smallest absolute Gasteiger partial charge is 0.243 e. The van der Waals surface area contributed by atoms with Crippen LogP contribution in [-0.4, -0.2) is 34.4 Å². The number of aromatic nitrogens is 3. The summed E-state index contributed by atoms with van der Waals surface area (Å²) in [6, 6.07) is 3.64. The molecular formula is C13H19ClN4O. The summed E-state index contributed by atoms with van der Waals surface area (Å²) in [5.41, 5.74) is 0.783. The summed E-state index contributed by atoms with van der Waals surface area (Å²) in [6.45, 7) is 4.58. The van der Waals surface area contributed by atoms with E-state index in [0.29, 0.717) is 11.0 Å². The van der Waals surface area contributed by atoms with Crippen molar-refractivity contribution in [3.63, 3.8) is 0 Å². The quantitative estimate of drug-likeness (QED) is 0.756. The van der Waals surface area contributed by atoms with Gasteiger partial charge in [-0.25, -0.2) is 4.52 Å². The fraction of sp³-hybridized carbons (Fsp3) is 0.538. The molecule has 0 amide bonds. The van der Waals surface area contributed by atoms with Crippen LogP contribution in [0, 0.1) is 0 Å². The van der Waals surface area contributed by atoms with Crippen LogP contribution in [0.1, 0.15) is 26.2 Å². The first-order valence-corrected chi connectivity index (χ1v) is 7.01. The summed E-state index contributed by atoms with van der Waals surface area (Å²) in [5, 5.41) is 8.11. The lowest BCUT2D eigenvalue weighted by Crippen LogP contribution is -2.07. The van der Waals surface area contributed by atoms with Gasteiger partial charge in [0.15, 0.2) is 5.65 Å². The van der Waals surface area contributed by atoms with Gasteiger partial charge in [-0.15, -0.1) is 5.10 Å². The van der Waals surface area contributed by atoms with E-state index in [4.69, 9.17) is 16.3 Å². The van der Waals surface area contributed by atoms with Crippen molar-refractivity contribution in [2.24, 2.45) is 0 Å². The molecule has 1 N–H and O–H groups in total. The highest BCUT2D eigenvalue weighted by atomic mass is 35.5. The molecule has 19 heavy (non-hydrogen) atoms. The summed E-state index contributed by atoms with van der Waals surface area (Å²) >= 11 is 5.89. The Morgan fingerprint density at radius 2 is 2.16 bits per heavy atom. The highest BCUT2D eigenvalue weighted by Crippen LogP contribution is 2.11. The number of hydrogen-bond donors (Lipinski definition) is 1. The molecule has 2 aromatic rings. The predicted octanol–water partition coefficient (Wildman–Crippen LogP) is 3.00. The Bertz CT molecular complexity index is 514. The van der Waals surface area contributed by atoms with E-state index in [1.807, 2.05) is 6.07 Å². The highest BCUT2D eigenvalue weighted by molar-refractivity contribution is 6.30. The number of anilines is 1. The van der Waals surface area contributed by atoms with Crippen LogP contribution in [0.2, 0.25) is 5.02 Å². The topological polar surface area (TPSA) is 51.5 Å². The van der Waals surface area contributed by atoms with Crippen molar-refractivity contribution in [1.29, 1.82) is 0 Å². The molecule has 0 radical (unpaired) electrons. The number of halogens is 1. The number of hydrogen-bond acceptors (Lipinski definition) is 4. The Kier molecular flexibility index (Phi) is 5.42. The molecule has 0 aliphatic heterocycles. The highest BCUT2D eigenvalue weighted by Gasteiger charge is 2.02. The predicted molar refractivity (Wildman–Crippen MR) is 76.8 cm³/mol. The van der Waals surface area contributed by atoms with Crippen molar-refractivity contribution >= 4 is 23.2 Å². The van der Waals surface area contributed by atoms with Crippen LogP contribution in [0.15, 0.2) is 18.3 Å². The first-order valence-electron chi connectivity index (χ1n) is 6.63. The maximum Gasteiger partial charge on any atom is 0.243 e. The van der Waals surface area contributed by atoms with E-state index in [0.717, 1.165) is 38.2 Å². The second kappa shape index (κ2) is 7.31. The molecule has 0 atom stereocenters. The number of nitrogens with one attached hydrogen (secondary N) is 1. The SMILES string of the molecule is CCCCOCCCNc1nc2ccc(Cl)cn2n1. The van der Waals surface area contributed by atoms with Gasteiger partial charge in [0.25, 0.3) is 0 Å². The Morgan fingerprint density at radius 3 is 3.00 bits per heavy atom. The largest absolute Gasteiger partial charge is 0.381 e. The normalized spacial score (nSPS) is 11.1. The lowest BCUT2D eigenvalue weighted by atomic mass is 10.4. The molecule has 5 nitrogen and oxygen atoms in total. The summed E-state index contributed by atoms with van der Waals surface area (Å²) in [7, 11) is 0. The van der Waals surface area contributed by atoms with Crippen molar-refractivity contribution in [1.82, 2.24) is 14.6 Å². The zero-order chi connectivity index (χ0) is 13.5. The molecule has 0 saturated carbocycles. The van der Waals surface area contributed by atoms with Crippen LogP contribution in [0.25, 0.3) is 5.65 Å². The van der Waals surface area contributed by atoms with E-state index in [2.05, 4.69) is 22.3 Å². The minimum Gasteiger partial charge on any atom is -0.381 e. The first kappa shape index (κ1) is 14.1. The van der Waals surface area contributed by atoms with Crippen molar-refractivity contribution in [3.05, 3.63) is 23.4 Å². The molecule has 0 aromatic carbocycles. The molecular weight excluding hydrogens is 264 g/mol. The summed E-state index contributed by atoms with van der Waals surface area (Å²) < 4.78 is 7.15. The number of ether oxygens (including phenoxy) is 1. The van der Waals surface area contributed by atoms with Gasteiger partial charge in [0, 0.05) is 26.0 Å². The average Bonchev–Trinajstić information content (AvgIpc) is 2.79. The molecule has 0 bridgehead atoms. The molecule has 0 spiro atoms. The van der Waals surface area contributed by atoms with Crippen LogP contribution >= 0.6 is 11.6 Å². The van der Waals surface area contributed by atoms with Crippen LogP contribution in [0.4, 0.5) is 5.95 Å². The van der Waals surface area contributed by atoms with Crippen LogP contribution < -0.4 is 5.32 Å². The number of nitrogens with zero attached hydrogens (tertiary/aromatic N) is 3. The van der Waals surface area contributed by atoms with Crippen molar-refractivity contribution < 1.29 is 4.74 Å². The van der Waals surface area contributed by atoms with Crippen LogP contribution in [-0.2, 0) is 4.74 Å². The van der Waals surface area contributed by atoms with E-state index in [1.165, 1.54) is 6.42 Å². The van der Waals surface area contributed by atoms with Gasteiger partial charge in [0.05, 0.1) is 5.02 Å². The molecule has 0 aliphatic rings. The third-order valence-corrected chi connectivity index (χ3v) is 2.91. The molecule has 0 unspecified atom stereocenters. The Balaban J connectivity index is 1.72. The van der Waals surface area contributed by atoms with Crippen molar-refractivity contribution in [2.75, 3.05) is 25.1 Å². The summed E-state index contributed by atoms with van der Waals surface area (Å²) in [5.74, 6) is 0.621. The Hall–Kier alpha value is -1.33. The van der Waals surface area contributed by atoms with Gasteiger partial charge in [0.1, 0.15) is 0 Å². The summed E-state index contributed by atoms with van der Waals surface area (Å²) in [4.78, 5) is 4.34. The van der Waals surface area contributed by atoms with E-state index in [9.17, 15) is 0 Å². The second-order valence-electron chi connectivity index (χ2n) is 4.33. The monoisotopic (exact) mass is 282 g/mol. The van der Waals surface area contributed by atoms with Crippen LogP contribution in [0.3, 0.4) is 0 Å². The molecule has 2 heterocycles. The van der Waals surface area contributed by atoms with Gasteiger partial charge in [-0.05, 0) is 25.0 Å². The van der Waals surface area contributed by atoms with Gasteiger partial charge < -0.3 is 10.1 Å². The zero-order valence-corrected chi connectivity index (χ0v) is 11.9. The molecule has 0 fully saturated rings. The van der Waals surface area contributed by atoms with Gasteiger partial charge in [-0.3, -0.25) is 0 Å². The molecule has 0 aliphatic carbocycles. The first-order chi connectivity index (χ1) is 9.29. The number of pyridine rings is 1. The minimum atomic E-state index is 0.621. The van der Waals surface area contributed by atoms with Gasteiger partial charge in [0.2, 0.25) is 5.95 Å². The van der Waals surface area contributed by atoms with E-state index >= 15 is 0 Å². The van der Waals surface area contributed by atoms with Gasteiger partial charge in [-0.1, -0.05) is 24.9 Å². The van der Waals surface area contributed by atoms with E-state index < -0.39 is 0 Å². The van der Waals surface area contributed by atoms with Gasteiger partial charge >= 0.3 is 0 Å². The fourth-order valence-electron chi connectivity index (χ4n) is 1.66. The maximum absolute atomic E-state index is 5.89. The third kappa shape index (κ3) is 4.36. The Morgan fingerprint density at radius 1 is 1.32 bits per heavy atom. The van der Waals surface area contributed by atoms with Crippen LogP contribution in [0.5, 0.6) is 0 Å². The van der Waals surface area contributed by atoms with Gasteiger partial charge in [-0.2, -0.15) is 4.98 Å². The molecule has 2 rings (SSSR count). The average molecular weight is 283 g/mol. The molecule has 2 aromatic heterocycles. The third-order valence-electron chi connectivity index (χ3n) is 2.69. The van der Waals surface area contributed by atoms with Crippen molar-refractivity contribution in [3.8, 4) is 0 Å². The number of fused-ring (bicyclic) bond motifs is 1. The van der Waals surface area contributed by atoms with E-state index in [1.54, 1.807) is 16.8 Å². The summed E-state index contributed by atoms with van der Waals surface area (Å²) in [6.07, 6.45) is 4.98. The maximum atomic E-state index is 5.89. The number of rotatable bonds is 8. The lowest BCUT2D eigenvalue weighted by molar-refractivity contribution is 0.131. The fourth-order valence-corrected chi connectivity index (χ4v) is 1.81. The minimum absolute atomic E-state index is 0.621. The standard InChI is InChI=1S/C13H19ClN4O/c1-2-3-8-19-9-4-7-15-13-16-12-6-5-11(14)10-18(12)17-13/h5-6,10H,2-4,7-9H2,1H3,(H,15,17). The molecule has 0 saturated heterocycles. The van der Waals surface area contributed by atoms with E-state index in [-0.39, 0.29) is 0 Å². The molecule has 104 valence electrons. The second-order valence-corrected chi connectivity index (χ2v) is 4.77. The van der Waals surface area contributed by atoms with Crippen molar-refractivity contribution in [2.45, 2.75) is 26.2 Å². The lowest BCUT2D eigenvalue weighted by Gasteiger charge is -2.03. The zero-order valence-electron chi connectivity index (χ0n) is 11.1. The molecule has 6 heteroatoms.